The van der Waals surface area contributed by atoms with Gasteiger partial charge in [0.1, 0.15) is 11.9 Å². The largest absolute Gasteiger partial charge is 0.489 e. The molecule has 0 saturated carbocycles. The number of benzene rings is 1. The summed E-state index contributed by atoms with van der Waals surface area (Å²) in [6, 6.07) is 7.77. The molecular weight excluding hydrogens is 314 g/mol. The van der Waals surface area contributed by atoms with Gasteiger partial charge in [-0.2, -0.15) is 0 Å². The van der Waals surface area contributed by atoms with Crippen molar-refractivity contribution in [1.29, 1.82) is 0 Å². The van der Waals surface area contributed by atoms with Gasteiger partial charge < -0.3 is 20.1 Å². The summed E-state index contributed by atoms with van der Waals surface area (Å²) in [6.45, 7) is 2.69. The Morgan fingerprint density at radius 2 is 2.17 bits per heavy atom. The molecule has 4 unspecified atom stereocenters. The first-order valence-corrected chi connectivity index (χ1v) is 8.56. The Balaban J connectivity index is 1.43. The highest BCUT2D eigenvalue weighted by Gasteiger charge is 2.41. The van der Waals surface area contributed by atoms with Gasteiger partial charge in [0.2, 0.25) is 0 Å². The average molecular weight is 338 g/mol. The summed E-state index contributed by atoms with van der Waals surface area (Å²) in [4.78, 5) is 4.29. The van der Waals surface area contributed by atoms with Crippen LogP contribution in [0.3, 0.4) is 0 Å². The van der Waals surface area contributed by atoms with Crippen LogP contribution in [0.5, 0.6) is 5.75 Å². The Morgan fingerprint density at radius 1 is 1.39 bits per heavy atom. The van der Waals surface area contributed by atoms with Gasteiger partial charge in [-0.1, -0.05) is 11.6 Å². The van der Waals surface area contributed by atoms with Gasteiger partial charge in [-0.05, 0) is 50.5 Å². The fraction of sp³-hybridized carbons (Fsp3) is 0.588. The van der Waals surface area contributed by atoms with E-state index in [1.807, 2.05) is 31.2 Å². The lowest BCUT2D eigenvalue weighted by Crippen LogP contribution is -2.49. The molecule has 2 fully saturated rings. The maximum Gasteiger partial charge on any atom is 0.191 e. The Hall–Kier alpha value is -1.46. The molecule has 6 heteroatoms. The highest BCUT2D eigenvalue weighted by Crippen LogP contribution is 2.34. The average Bonchev–Trinajstić information content (AvgIpc) is 3.16. The third-order valence-corrected chi connectivity index (χ3v) is 4.61. The van der Waals surface area contributed by atoms with E-state index in [-0.39, 0.29) is 6.10 Å². The number of fused-ring (bicyclic) bond motifs is 2. The fourth-order valence-corrected chi connectivity index (χ4v) is 3.31. The normalized spacial score (nSPS) is 27.8. The van der Waals surface area contributed by atoms with Gasteiger partial charge in [0.05, 0.1) is 24.8 Å². The summed E-state index contributed by atoms with van der Waals surface area (Å²) in [5.41, 5.74) is 0. The van der Waals surface area contributed by atoms with Crippen molar-refractivity contribution >= 4 is 17.6 Å². The molecule has 2 bridgehead atoms. The molecule has 0 aromatic heterocycles. The molecule has 126 valence electrons. The minimum absolute atomic E-state index is 0.0194. The van der Waals surface area contributed by atoms with Crippen LogP contribution in [0.15, 0.2) is 29.3 Å². The molecule has 2 aliphatic rings. The van der Waals surface area contributed by atoms with E-state index >= 15 is 0 Å². The molecule has 0 aliphatic carbocycles. The van der Waals surface area contributed by atoms with E-state index in [0.717, 1.165) is 24.6 Å². The number of ether oxygens (including phenoxy) is 2. The first kappa shape index (κ1) is 16.4. The van der Waals surface area contributed by atoms with Crippen molar-refractivity contribution in [3.8, 4) is 5.75 Å². The molecule has 3 rings (SSSR count). The SMILES string of the molecule is CN=C(NCC(C)Oc1ccc(Cl)cc1)NC1CC2CCC1O2. The van der Waals surface area contributed by atoms with Crippen LogP contribution in [0.25, 0.3) is 0 Å². The highest BCUT2D eigenvalue weighted by molar-refractivity contribution is 6.30. The number of aliphatic imine (C=N–C) groups is 1. The number of hydrogen-bond acceptors (Lipinski definition) is 3. The minimum atomic E-state index is 0.0194. The first-order chi connectivity index (χ1) is 11.1. The van der Waals surface area contributed by atoms with Gasteiger partial charge in [-0.3, -0.25) is 4.99 Å². The lowest BCUT2D eigenvalue weighted by Gasteiger charge is -2.23. The van der Waals surface area contributed by atoms with Crippen LogP contribution in [-0.2, 0) is 4.74 Å². The van der Waals surface area contributed by atoms with E-state index in [1.54, 1.807) is 7.05 Å². The van der Waals surface area contributed by atoms with Gasteiger partial charge in [-0.15, -0.1) is 0 Å². The van der Waals surface area contributed by atoms with Gasteiger partial charge in [0.25, 0.3) is 0 Å². The van der Waals surface area contributed by atoms with Gasteiger partial charge in [0.15, 0.2) is 5.96 Å². The summed E-state index contributed by atoms with van der Waals surface area (Å²) < 4.78 is 11.7. The summed E-state index contributed by atoms with van der Waals surface area (Å²) in [6.07, 6.45) is 4.20. The van der Waals surface area contributed by atoms with E-state index in [1.165, 1.54) is 6.42 Å². The second-order valence-electron chi connectivity index (χ2n) is 6.20. The zero-order valence-electron chi connectivity index (χ0n) is 13.6. The topological polar surface area (TPSA) is 54.9 Å². The van der Waals surface area contributed by atoms with Crippen molar-refractivity contribution in [3.05, 3.63) is 29.3 Å². The van der Waals surface area contributed by atoms with Crippen molar-refractivity contribution in [3.63, 3.8) is 0 Å². The number of halogens is 1. The molecule has 2 aliphatic heterocycles. The number of nitrogens with zero attached hydrogens (tertiary/aromatic N) is 1. The van der Waals surface area contributed by atoms with E-state index in [0.29, 0.717) is 29.8 Å². The van der Waals surface area contributed by atoms with Crippen molar-refractivity contribution in [2.75, 3.05) is 13.6 Å². The second kappa shape index (κ2) is 7.41. The lowest BCUT2D eigenvalue weighted by molar-refractivity contribution is 0.0992. The van der Waals surface area contributed by atoms with Crippen LogP contribution in [0.4, 0.5) is 0 Å². The van der Waals surface area contributed by atoms with Crippen LogP contribution < -0.4 is 15.4 Å². The highest BCUT2D eigenvalue weighted by atomic mass is 35.5. The van der Waals surface area contributed by atoms with Gasteiger partial charge in [0, 0.05) is 12.1 Å². The zero-order chi connectivity index (χ0) is 16.2. The van der Waals surface area contributed by atoms with Crippen molar-refractivity contribution < 1.29 is 9.47 Å². The summed E-state index contributed by atoms with van der Waals surface area (Å²) >= 11 is 5.88. The molecule has 0 spiro atoms. The quantitative estimate of drug-likeness (QED) is 0.640. The van der Waals surface area contributed by atoms with E-state index in [2.05, 4.69) is 15.6 Å². The van der Waals surface area contributed by atoms with Crippen LogP contribution >= 0.6 is 11.6 Å². The fourth-order valence-electron chi connectivity index (χ4n) is 3.19. The maximum absolute atomic E-state index is 5.88. The van der Waals surface area contributed by atoms with Crippen molar-refractivity contribution in [2.24, 2.45) is 4.99 Å². The smallest absolute Gasteiger partial charge is 0.191 e. The van der Waals surface area contributed by atoms with Crippen LogP contribution in [-0.4, -0.2) is 43.9 Å². The molecule has 5 nitrogen and oxygen atoms in total. The first-order valence-electron chi connectivity index (χ1n) is 8.19. The molecule has 2 heterocycles. The Morgan fingerprint density at radius 3 is 2.78 bits per heavy atom. The molecule has 2 N–H and O–H groups in total. The standard InChI is InChI=1S/C17H24ClN3O2/c1-11(22-13-5-3-12(18)4-6-13)10-20-17(19-2)21-15-9-14-7-8-16(15)23-14/h3-6,11,14-16H,7-10H2,1-2H3,(H2,19,20,21). The molecule has 2 saturated heterocycles. The molecule has 1 aromatic carbocycles. The Bertz CT molecular complexity index is 549. The Kier molecular flexibility index (Phi) is 5.28. The van der Waals surface area contributed by atoms with Crippen LogP contribution in [0, 0.1) is 0 Å². The molecule has 0 radical (unpaired) electrons. The number of rotatable bonds is 5. The van der Waals surface area contributed by atoms with Gasteiger partial charge >= 0.3 is 0 Å². The molecule has 4 atom stereocenters. The second-order valence-corrected chi connectivity index (χ2v) is 6.63. The van der Waals surface area contributed by atoms with Crippen LogP contribution in [0.2, 0.25) is 5.02 Å². The molecule has 0 amide bonds. The molecule has 1 aromatic rings. The number of guanidine groups is 1. The zero-order valence-corrected chi connectivity index (χ0v) is 14.3. The number of nitrogens with one attached hydrogen (secondary N) is 2. The summed E-state index contributed by atoms with van der Waals surface area (Å²) in [5, 5.41) is 7.49. The monoisotopic (exact) mass is 337 g/mol. The van der Waals surface area contributed by atoms with E-state index in [9.17, 15) is 0 Å². The van der Waals surface area contributed by atoms with Gasteiger partial charge in [-0.25, -0.2) is 0 Å². The van der Waals surface area contributed by atoms with Crippen LogP contribution in [0.1, 0.15) is 26.2 Å². The summed E-state index contributed by atoms with van der Waals surface area (Å²) in [5.74, 6) is 1.62. The molecular formula is C17H24ClN3O2. The predicted molar refractivity (Wildman–Crippen MR) is 92.3 cm³/mol. The predicted octanol–water partition coefficient (Wildman–Crippen LogP) is 2.59. The van der Waals surface area contributed by atoms with Crippen molar-refractivity contribution in [2.45, 2.75) is 50.5 Å². The maximum atomic E-state index is 5.88. The lowest BCUT2D eigenvalue weighted by atomic mass is 9.96. The Labute approximate surface area is 142 Å². The minimum Gasteiger partial charge on any atom is -0.489 e. The van der Waals surface area contributed by atoms with Crippen molar-refractivity contribution in [1.82, 2.24) is 10.6 Å². The number of hydrogen-bond donors (Lipinski definition) is 2. The van der Waals surface area contributed by atoms with E-state index in [4.69, 9.17) is 21.1 Å². The third-order valence-electron chi connectivity index (χ3n) is 4.36. The third kappa shape index (κ3) is 4.30. The van der Waals surface area contributed by atoms with E-state index < -0.39 is 0 Å². The summed E-state index contributed by atoms with van der Waals surface area (Å²) in [7, 11) is 1.79. The molecule has 23 heavy (non-hydrogen) atoms.